The summed E-state index contributed by atoms with van der Waals surface area (Å²) in [6.07, 6.45) is 0. The zero-order valence-corrected chi connectivity index (χ0v) is 16.5. The maximum Gasteiger partial charge on any atom is 0.263 e. The Morgan fingerprint density at radius 2 is 1.38 bits per heavy atom. The lowest BCUT2D eigenvalue weighted by Gasteiger charge is -2.14. The van der Waals surface area contributed by atoms with Crippen molar-refractivity contribution in [3.63, 3.8) is 0 Å². The summed E-state index contributed by atoms with van der Waals surface area (Å²) in [4.78, 5) is 8.38. The molecule has 0 saturated heterocycles. The van der Waals surface area contributed by atoms with Crippen LogP contribution in [0.2, 0.25) is 15.2 Å². The highest BCUT2D eigenvalue weighted by Crippen LogP contribution is 2.34. The minimum absolute atomic E-state index is 0.0522. The first kappa shape index (κ1) is 18.9. The van der Waals surface area contributed by atoms with Crippen LogP contribution in [0.15, 0.2) is 53.4 Å². The van der Waals surface area contributed by atoms with Gasteiger partial charge in [-0.1, -0.05) is 46.9 Å². The molecule has 0 aliphatic heterocycles. The minimum Gasteiger partial charge on any atom is -0.263 e. The van der Waals surface area contributed by atoms with Crippen molar-refractivity contribution in [1.82, 2.24) is 9.97 Å². The van der Waals surface area contributed by atoms with E-state index in [0.717, 1.165) is 0 Å². The second-order valence-electron chi connectivity index (χ2n) is 5.35. The van der Waals surface area contributed by atoms with Crippen molar-refractivity contribution in [3.8, 4) is 11.1 Å². The molecule has 0 spiro atoms. The summed E-state index contributed by atoms with van der Waals surface area (Å²) in [6, 6.07) is 12.6. The molecule has 1 aromatic heterocycles. The first-order valence-electron chi connectivity index (χ1n) is 7.35. The first-order chi connectivity index (χ1) is 12.3. The molecule has 3 rings (SSSR count). The summed E-state index contributed by atoms with van der Waals surface area (Å²) in [5.74, 6) is 0.418. The molecule has 0 aliphatic rings. The molecule has 3 aromatic rings. The van der Waals surface area contributed by atoms with E-state index >= 15 is 0 Å². The second-order valence-corrected chi connectivity index (χ2v) is 8.26. The number of benzene rings is 2. The van der Waals surface area contributed by atoms with E-state index in [1.54, 1.807) is 31.2 Å². The third-order valence-corrected chi connectivity index (χ3v) is 5.60. The number of hydrogen-bond acceptors (Lipinski definition) is 4. The van der Waals surface area contributed by atoms with Gasteiger partial charge in [0, 0.05) is 10.0 Å². The van der Waals surface area contributed by atoms with E-state index in [2.05, 4.69) is 14.7 Å². The SMILES string of the molecule is Cc1nc(Cl)c(-c2ccc(Cl)cc2)c(NS(=O)(=O)c2ccc(Cl)cc2)n1. The zero-order valence-electron chi connectivity index (χ0n) is 13.4. The van der Waals surface area contributed by atoms with E-state index in [1.165, 1.54) is 24.3 Å². The van der Waals surface area contributed by atoms with Crippen LogP contribution in [0.25, 0.3) is 11.1 Å². The molecule has 134 valence electrons. The first-order valence-corrected chi connectivity index (χ1v) is 9.96. The summed E-state index contributed by atoms with van der Waals surface area (Å²) in [7, 11) is -3.89. The molecule has 0 fully saturated rings. The van der Waals surface area contributed by atoms with Gasteiger partial charge in [0.25, 0.3) is 10.0 Å². The number of hydrogen-bond donors (Lipinski definition) is 1. The minimum atomic E-state index is -3.89. The molecule has 1 N–H and O–H groups in total. The molecular formula is C17H12Cl3N3O2S. The van der Waals surface area contributed by atoms with Crippen LogP contribution in [0.1, 0.15) is 5.82 Å². The quantitative estimate of drug-likeness (QED) is 0.579. The Morgan fingerprint density at radius 3 is 1.96 bits per heavy atom. The van der Waals surface area contributed by atoms with E-state index in [1.807, 2.05) is 0 Å². The Labute approximate surface area is 166 Å². The molecule has 0 saturated carbocycles. The smallest absolute Gasteiger partial charge is 0.263 e. The van der Waals surface area contributed by atoms with E-state index in [0.29, 0.717) is 27.0 Å². The van der Waals surface area contributed by atoms with Gasteiger partial charge in [-0.15, -0.1) is 0 Å². The van der Waals surface area contributed by atoms with Crippen LogP contribution in [0.4, 0.5) is 5.82 Å². The van der Waals surface area contributed by atoms with Gasteiger partial charge in [-0.2, -0.15) is 0 Å². The zero-order chi connectivity index (χ0) is 18.9. The summed E-state index contributed by atoms with van der Waals surface area (Å²) >= 11 is 18.0. The third-order valence-electron chi connectivity index (χ3n) is 3.46. The maximum absolute atomic E-state index is 12.7. The lowest BCUT2D eigenvalue weighted by Crippen LogP contribution is -2.15. The molecule has 2 aromatic carbocycles. The molecular weight excluding hydrogens is 417 g/mol. The molecule has 0 bridgehead atoms. The van der Waals surface area contributed by atoms with Crippen LogP contribution >= 0.6 is 34.8 Å². The van der Waals surface area contributed by atoms with Crippen molar-refractivity contribution in [2.45, 2.75) is 11.8 Å². The molecule has 0 radical (unpaired) electrons. The van der Waals surface area contributed by atoms with Gasteiger partial charge in [0.2, 0.25) is 0 Å². The Morgan fingerprint density at radius 1 is 0.846 bits per heavy atom. The fraction of sp³-hybridized carbons (Fsp3) is 0.0588. The fourth-order valence-corrected chi connectivity index (χ4v) is 3.87. The topological polar surface area (TPSA) is 72.0 Å². The lowest BCUT2D eigenvalue weighted by molar-refractivity contribution is 0.601. The number of aryl methyl sites for hydroxylation is 1. The molecule has 0 unspecified atom stereocenters. The Bertz CT molecular complexity index is 1050. The normalized spacial score (nSPS) is 11.4. The van der Waals surface area contributed by atoms with Crippen LogP contribution in [0, 0.1) is 6.92 Å². The summed E-state index contributed by atoms with van der Waals surface area (Å²) < 4.78 is 27.9. The van der Waals surface area contributed by atoms with Crippen molar-refractivity contribution in [3.05, 3.63) is 69.6 Å². The van der Waals surface area contributed by atoms with Gasteiger partial charge in [0.1, 0.15) is 11.0 Å². The Kier molecular flexibility index (Phi) is 5.39. The van der Waals surface area contributed by atoms with Crippen LogP contribution in [-0.4, -0.2) is 18.4 Å². The number of nitrogens with zero attached hydrogens (tertiary/aromatic N) is 2. The lowest BCUT2D eigenvalue weighted by atomic mass is 10.1. The van der Waals surface area contributed by atoms with E-state index < -0.39 is 10.0 Å². The summed E-state index contributed by atoms with van der Waals surface area (Å²) in [6.45, 7) is 1.62. The van der Waals surface area contributed by atoms with Crippen molar-refractivity contribution in [1.29, 1.82) is 0 Å². The predicted molar refractivity (Wildman–Crippen MR) is 104 cm³/mol. The van der Waals surface area contributed by atoms with Crippen LogP contribution < -0.4 is 4.72 Å². The van der Waals surface area contributed by atoms with Gasteiger partial charge in [-0.05, 0) is 48.9 Å². The maximum atomic E-state index is 12.7. The highest BCUT2D eigenvalue weighted by molar-refractivity contribution is 7.92. The molecule has 9 heteroatoms. The second kappa shape index (κ2) is 7.40. The van der Waals surface area contributed by atoms with Crippen molar-refractivity contribution in [2.75, 3.05) is 4.72 Å². The largest absolute Gasteiger partial charge is 0.263 e. The number of rotatable bonds is 4. The van der Waals surface area contributed by atoms with Gasteiger partial charge in [0.05, 0.1) is 10.5 Å². The van der Waals surface area contributed by atoms with E-state index in [9.17, 15) is 8.42 Å². The molecule has 1 heterocycles. The number of nitrogens with one attached hydrogen (secondary N) is 1. The highest BCUT2D eigenvalue weighted by Gasteiger charge is 2.21. The number of halogens is 3. The van der Waals surface area contributed by atoms with E-state index in [-0.39, 0.29) is 15.9 Å². The molecule has 0 amide bonds. The monoisotopic (exact) mass is 427 g/mol. The van der Waals surface area contributed by atoms with E-state index in [4.69, 9.17) is 34.8 Å². The molecule has 26 heavy (non-hydrogen) atoms. The number of anilines is 1. The van der Waals surface area contributed by atoms with Crippen LogP contribution in [0.5, 0.6) is 0 Å². The number of aromatic nitrogens is 2. The summed E-state index contributed by atoms with van der Waals surface area (Å²) in [5.41, 5.74) is 1.000. The number of sulfonamides is 1. The molecule has 5 nitrogen and oxygen atoms in total. The standard InChI is InChI=1S/C17H12Cl3N3O2S/c1-10-21-16(20)15(11-2-4-12(18)5-3-11)17(22-10)23-26(24,25)14-8-6-13(19)7-9-14/h2-9H,1H3,(H,21,22,23). The van der Waals surface area contributed by atoms with Gasteiger partial charge in [-0.25, -0.2) is 18.4 Å². The van der Waals surface area contributed by atoms with Gasteiger partial charge < -0.3 is 0 Å². The average Bonchev–Trinajstić information content (AvgIpc) is 2.56. The molecule has 0 atom stereocenters. The van der Waals surface area contributed by atoms with Gasteiger partial charge in [-0.3, -0.25) is 4.72 Å². The van der Waals surface area contributed by atoms with Crippen LogP contribution in [-0.2, 0) is 10.0 Å². The highest BCUT2D eigenvalue weighted by atomic mass is 35.5. The predicted octanol–water partition coefficient (Wildman–Crippen LogP) is 5.21. The van der Waals surface area contributed by atoms with Gasteiger partial charge >= 0.3 is 0 Å². The van der Waals surface area contributed by atoms with Crippen molar-refractivity contribution >= 4 is 50.6 Å². The summed E-state index contributed by atoms with van der Waals surface area (Å²) in [5, 5.41) is 1.11. The third kappa shape index (κ3) is 4.10. The van der Waals surface area contributed by atoms with Gasteiger partial charge in [0.15, 0.2) is 5.82 Å². The Balaban J connectivity index is 2.09. The average molecular weight is 429 g/mol. The Hall–Kier alpha value is -1.86. The van der Waals surface area contributed by atoms with Crippen molar-refractivity contribution in [2.24, 2.45) is 0 Å². The molecule has 0 aliphatic carbocycles. The van der Waals surface area contributed by atoms with Crippen LogP contribution in [0.3, 0.4) is 0 Å². The van der Waals surface area contributed by atoms with Crippen molar-refractivity contribution < 1.29 is 8.42 Å². The fourth-order valence-electron chi connectivity index (χ4n) is 2.28.